The van der Waals surface area contributed by atoms with E-state index in [1.165, 1.54) is 0 Å². The zero-order valence-corrected chi connectivity index (χ0v) is 26.4. The number of esters is 6. The molecule has 0 spiro atoms. The average molecular weight is 685 g/mol. The monoisotopic (exact) mass is 684 g/mol. The molecule has 2 aliphatic heterocycles. The number of ether oxygens (including phenoxy) is 8. The maximum absolute atomic E-state index is 13.6. The van der Waals surface area contributed by atoms with Crippen molar-refractivity contribution < 1.29 is 66.7 Å². The van der Waals surface area contributed by atoms with E-state index in [0.717, 1.165) is 41.5 Å². The topological polar surface area (TPSA) is 269 Å². The van der Waals surface area contributed by atoms with Crippen molar-refractivity contribution in [3.05, 3.63) is 31.3 Å². The van der Waals surface area contributed by atoms with E-state index in [4.69, 9.17) is 37.9 Å². The third-order valence-electron chi connectivity index (χ3n) is 6.99. The molecule has 262 valence electrons. The Labute approximate surface area is 268 Å². The molecular formula is C27H32N4O17. The zero-order chi connectivity index (χ0) is 35.6. The van der Waals surface area contributed by atoms with Crippen LogP contribution in [0.25, 0.3) is 11.2 Å². The maximum Gasteiger partial charge on any atom is 0.332 e. The van der Waals surface area contributed by atoms with Gasteiger partial charge in [-0.15, -0.1) is 0 Å². The lowest BCUT2D eigenvalue weighted by atomic mass is 10.1. The van der Waals surface area contributed by atoms with E-state index in [2.05, 4.69) is 4.98 Å². The first kappa shape index (κ1) is 35.5. The van der Waals surface area contributed by atoms with Crippen molar-refractivity contribution in [1.82, 2.24) is 19.1 Å². The Hall–Kier alpha value is -5.31. The SMILES string of the molecule is CC(=O)OC[C@@H]1O[C@H](n2c(=O)[nH]c(=O)c3c2[nH]c(=O)n3[C@@H]2O[C@H](COC(C)=O)[C@H](OC(C)=O)[C@@H]2OC(C)=O)[C@@H](OC(C)=O)[C@@H]1OC(C)=O. The first-order chi connectivity index (χ1) is 22.5. The Balaban J connectivity index is 1.91. The standard InChI is InChI=1S/C27H32N4O17/c1-9(32)41-7-15-18(43-11(3)34)20(45-13(5)36)24(47-15)30-17-22(28-26(30)39)31(27(40)29-23(17)38)25-21(46-14(6)37)19(44-12(4)35)16(48-25)8-42-10(2)33/h15-16,18-21,24-25H,7-8H2,1-6H3,(H,28,39)(H,29,38,40)/t15-,16+,18+,19-,20+,21+,24-,25+/m1/s1. The lowest BCUT2D eigenvalue weighted by Crippen LogP contribution is -2.43. The molecule has 0 bridgehead atoms. The van der Waals surface area contributed by atoms with Gasteiger partial charge in [0.25, 0.3) is 5.56 Å². The second kappa shape index (κ2) is 14.2. The van der Waals surface area contributed by atoms with E-state index < -0.39 is 126 Å². The molecule has 48 heavy (non-hydrogen) atoms. The number of hydrogen-bond acceptors (Lipinski definition) is 17. The first-order valence-corrected chi connectivity index (χ1v) is 14.3. The van der Waals surface area contributed by atoms with Gasteiger partial charge in [-0.1, -0.05) is 0 Å². The molecule has 2 aromatic rings. The fraction of sp³-hybridized carbons (Fsp3) is 0.593. The summed E-state index contributed by atoms with van der Waals surface area (Å²) in [5.41, 5.74) is -4.57. The van der Waals surface area contributed by atoms with Crippen molar-refractivity contribution in [1.29, 1.82) is 0 Å². The number of imidazole rings is 1. The summed E-state index contributed by atoms with van der Waals surface area (Å²) in [5.74, 6) is -5.00. The summed E-state index contributed by atoms with van der Waals surface area (Å²) < 4.78 is 44.5. The molecular weight excluding hydrogens is 652 g/mol. The van der Waals surface area contributed by atoms with Crippen molar-refractivity contribution in [2.24, 2.45) is 0 Å². The number of aromatic nitrogens is 4. The number of rotatable bonds is 10. The molecule has 0 aliphatic carbocycles. The van der Waals surface area contributed by atoms with E-state index >= 15 is 0 Å². The molecule has 2 N–H and O–H groups in total. The van der Waals surface area contributed by atoms with Gasteiger partial charge in [-0.25, -0.2) is 14.2 Å². The second-order valence-electron chi connectivity index (χ2n) is 10.7. The summed E-state index contributed by atoms with van der Waals surface area (Å²) in [4.78, 5) is 116. The van der Waals surface area contributed by atoms with Gasteiger partial charge >= 0.3 is 47.2 Å². The van der Waals surface area contributed by atoms with Gasteiger partial charge in [0.1, 0.15) is 25.4 Å². The molecule has 21 heteroatoms. The summed E-state index contributed by atoms with van der Waals surface area (Å²) in [6.45, 7) is 5.26. The van der Waals surface area contributed by atoms with Crippen molar-refractivity contribution in [2.45, 2.75) is 90.6 Å². The van der Waals surface area contributed by atoms with Gasteiger partial charge in [-0.2, -0.15) is 0 Å². The molecule has 0 unspecified atom stereocenters. The normalized spacial score (nSPS) is 26.5. The van der Waals surface area contributed by atoms with Crippen LogP contribution in [0.4, 0.5) is 0 Å². The third-order valence-corrected chi connectivity index (χ3v) is 6.99. The Kier molecular flexibility index (Phi) is 10.5. The van der Waals surface area contributed by atoms with Crippen LogP contribution in [0.2, 0.25) is 0 Å². The summed E-state index contributed by atoms with van der Waals surface area (Å²) >= 11 is 0. The quantitative estimate of drug-likeness (QED) is 0.199. The van der Waals surface area contributed by atoms with Crippen LogP contribution in [0.5, 0.6) is 0 Å². The van der Waals surface area contributed by atoms with Crippen LogP contribution < -0.4 is 16.9 Å². The average Bonchev–Trinajstić information content (AvgIpc) is 3.57. The van der Waals surface area contributed by atoms with Crippen LogP contribution >= 0.6 is 0 Å². The van der Waals surface area contributed by atoms with Gasteiger partial charge in [0.05, 0.1) is 0 Å². The summed E-state index contributed by atoms with van der Waals surface area (Å²) in [6, 6.07) is 0. The lowest BCUT2D eigenvalue weighted by molar-refractivity contribution is -0.166. The van der Waals surface area contributed by atoms with Crippen molar-refractivity contribution in [2.75, 3.05) is 13.2 Å². The fourth-order valence-electron chi connectivity index (χ4n) is 5.43. The molecule has 0 radical (unpaired) electrons. The molecule has 21 nitrogen and oxygen atoms in total. The Bertz CT molecular complexity index is 1800. The van der Waals surface area contributed by atoms with Crippen molar-refractivity contribution in [3.8, 4) is 0 Å². The number of H-pyrrole nitrogens is 2. The molecule has 0 aromatic carbocycles. The molecule has 0 saturated carbocycles. The van der Waals surface area contributed by atoms with Gasteiger partial charge in [-0.05, 0) is 0 Å². The molecule has 2 fully saturated rings. The fourth-order valence-corrected chi connectivity index (χ4v) is 5.43. The van der Waals surface area contributed by atoms with Gasteiger partial charge in [0.2, 0.25) is 0 Å². The molecule has 2 aliphatic rings. The van der Waals surface area contributed by atoms with Gasteiger partial charge in [-0.3, -0.25) is 48.1 Å². The number of hydrogen-bond donors (Lipinski definition) is 2. The molecule has 4 heterocycles. The maximum atomic E-state index is 13.6. The highest BCUT2D eigenvalue weighted by Gasteiger charge is 2.54. The van der Waals surface area contributed by atoms with E-state index in [-0.39, 0.29) is 0 Å². The summed E-state index contributed by atoms with van der Waals surface area (Å²) in [5, 5.41) is 0. The molecule has 2 aromatic heterocycles. The molecule has 0 amide bonds. The molecule has 4 rings (SSSR count). The smallest absolute Gasteiger partial charge is 0.332 e. The molecule has 2 saturated heterocycles. The zero-order valence-electron chi connectivity index (χ0n) is 26.4. The van der Waals surface area contributed by atoms with Crippen molar-refractivity contribution in [3.63, 3.8) is 0 Å². The van der Waals surface area contributed by atoms with Crippen LogP contribution in [0.3, 0.4) is 0 Å². The number of nitrogens with one attached hydrogen (secondary N) is 2. The van der Waals surface area contributed by atoms with E-state index in [1.54, 1.807) is 0 Å². The summed E-state index contributed by atoms with van der Waals surface area (Å²) in [6.07, 6.45) is -12.1. The van der Waals surface area contributed by atoms with Gasteiger partial charge < -0.3 is 37.9 Å². The lowest BCUT2D eigenvalue weighted by Gasteiger charge is -2.24. The predicted molar refractivity (Wildman–Crippen MR) is 151 cm³/mol. The number of nitrogens with zero attached hydrogens (tertiary/aromatic N) is 2. The van der Waals surface area contributed by atoms with Crippen LogP contribution in [-0.2, 0) is 66.7 Å². The van der Waals surface area contributed by atoms with E-state index in [9.17, 15) is 43.2 Å². The minimum absolute atomic E-state index is 0.525. The van der Waals surface area contributed by atoms with E-state index in [1.807, 2.05) is 4.98 Å². The number of carbonyl (C=O) groups excluding carboxylic acids is 6. The Morgan fingerprint density at radius 3 is 1.33 bits per heavy atom. The third kappa shape index (κ3) is 7.46. The number of fused-ring (bicyclic) bond motifs is 1. The highest BCUT2D eigenvalue weighted by Crippen LogP contribution is 2.37. The highest BCUT2D eigenvalue weighted by molar-refractivity contribution is 5.71. The van der Waals surface area contributed by atoms with E-state index in [0.29, 0.717) is 9.13 Å². The Morgan fingerprint density at radius 2 is 0.938 bits per heavy atom. The van der Waals surface area contributed by atoms with Crippen LogP contribution in [0, 0.1) is 0 Å². The Morgan fingerprint density at radius 1 is 0.562 bits per heavy atom. The second-order valence-corrected chi connectivity index (χ2v) is 10.7. The summed E-state index contributed by atoms with van der Waals surface area (Å²) in [7, 11) is 0. The number of aromatic amines is 2. The van der Waals surface area contributed by atoms with Gasteiger partial charge in [0, 0.05) is 41.5 Å². The largest absolute Gasteiger partial charge is 0.463 e. The molecule has 8 atom stereocenters. The van der Waals surface area contributed by atoms with Crippen LogP contribution in [0.1, 0.15) is 54.0 Å². The van der Waals surface area contributed by atoms with Crippen molar-refractivity contribution >= 4 is 47.0 Å². The number of carbonyl (C=O) groups is 6. The predicted octanol–water partition coefficient (Wildman–Crippen LogP) is -2.17. The minimum Gasteiger partial charge on any atom is -0.463 e. The van der Waals surface area contributed by atoms with Crippen LogP contribution in [-0.4, -0.2) is 105 Å². The minimum atomic E-state index is -1.72. The van der Waals surface area contributed by atoms with Crippen LogP contribution in [0.15, 0.2) is 14.4 Å². The highest BCUT2D eigenvalue weighted by atomic mass is 16.7. The first-order valence-electron chi connectivity index (χ1n) is 14.3. The van der Waals surface area contributed by atoms with Gasteiger partial charge in [0.15, 0.2) is 48.0 Å².